The maximum Gasteiger partial charge on any atom is 0.472 e. The fraction of sp³-hybridized carbons (Fsp3) is 0.905. The van der Waals surface area contributed by atoms with Crippen LogP contribution in [0.5, 0.6) is 0 Å². The van der Waals surface area contributed by atoms with E-state index in [-0.39, 0.29) is 19.6 Å². The lowest BCUT2D eigenvalue weighted by Gasteiger charge is -2.24. The molecule has 0 aromatic rings. The molecule has 0 heterocycles. The van der Waals surface area contributed by atoms with Gasteiger partial charge < -0.3 is 19.4 Å². The van der Waals surface area contributed by atoms with Crippen LogP contribution in [0.1, 0.15) is 187 Å². The zero-order chi connectivity index (χ0) is 40.0. The molecule has 0 rings (SSSR count). The molecule has 0 spiro atoms. The molecular formula is C42H84N2O9P+. The van der Waals surface area contributed by atoms with Gasteiger partial charge in [0.1, 0.15) is 19.8 Å². The Balaban J connectivity index is 4.31. The van der Waals surface area contributed by atoms with Crippen molar-refractivity contribution in [2.24, 2.45) is 0 Å². The molecule has 0 aliphatic carbocycles. The molecule has 0 aromatic heterocycles. The maximum atomic E-state index is 12.4. The molecule has 2 N–H and O–H groups in total. The Bertz CT molecular complexity index is 945. The quantitative estimate of drug-likeness (QED) is 0.0118. The van der Waals surface area contributed by atoms with Crippen LogP contribution in [-0.2, 0) is 32.9 Å². The first-order valence-corrected chi connectivity index (χ1v) is 23.3. The fourth-order valence-electron chi connectivity index (χ4n) is 5.82. The van der Waals surface area contributed by atoms with E-state index in [1.54, 1.807) is 0 Å². The number of nitrogens with one attached hydrogen (secondary N) is 1. The van der Waals surface area contributed by atoms with E-state index in [0.29, 0.717) is 17.6 Å². The van der Waals surface area contributed by atoms with Gasteiger partial charge in [-0.2, -0.15) is 4.89 Å². The summed E-state index contributed by atoms with van der Waals surface area (Å²) in [7, 11) is 1.39. The van der Waals surface area contributed by atoms with Crippen LogP contribution in [0.15, 0.2) is 12.2 Å². The zero-order valence-corrected chi connectivity index (χ0v) is 36.4. The van der Waals surface area contributed by atoms with E-state index >= 15 is 0 Å². The molecule has 0 saturated heterocycles. The molecule has 1 unspecified atom stereocenters. The number of phosphoric acid groups is 1. The van der Waals surface area contributed by atoms with Gasteiger partial charge in [-0.1, -0.05) is 154 Å². The molecule has 1 amide bonds. The number of rotatable bonds is 40. The topological polar surface area (TPSA) is 130 Å². The summed E-state index contributed by atoms with van der Waals surface area (Å²) in [6, 6.07) is 0. The highest BCUT2D eigenvalue weighted by Gasteiger charge is 2.27. The average molecular weight is 792 g/mol. The number of ether oxygens (including phenoxy) is 1. The van der Waals surface area contributed by atoms with Crippen LogP contribution in [0.3, 0.4) is 0 Å². The second kappa shape index (κ2) is 37.1. The van der Waals surface area contributed by atoms with Gasteiger partial charge >= 0.3 is 19.9 Å². The monoisotopic (exact) mass is 792 g/mol. The van der Waals surface area contributed by atoms with Crippen molar-refractivity contribution >= 4 is 19.9 Å². The first-order valence-electron chi connectivity index (χ1n) is 21.8. The average Bonchev–Trinajstić information content (AvgIpc) is 3.12. The van der Waals surface area contributed by atoms with Crippen molar-refractivity contribution < 1.29 is 47.1 Å². The Morgan fingerprint density at radius 1 is 0.648 bits per heavy atom. The molecule has 320 valence electrons. The molecule has 0 aliphatic heterocycles. The second-order valence-corrected chi connectivity index (χ2v) is 17.3. The molecule has 54 heavy (non-hydrogen) atoms. The van der Waals surface area contributed by atoms with Crippen molar-refractivity contribution in [1.29, 1.82) is 0 Å². The number of carbonyl (C=O) groups is 2. The summed E-state index contributed by atoms with van der Waals surface area (Å²) in [4.78, 5) is 44.9. The van der Waals surface area contributed by atoms with Gasteiger partial charge in [0.25, 0.3) is 0 Å². The van der Waals surface area contributed by atoms with E-state index in [1.165, 1.54) is 128 Å². The number of allylic oxidation sites excluding steroid dienone is 2. The van der Waals surface area contributed by atoms with E-state index in [2.05, 4.69) is 31.3 Å². The summed E-state index contributed by atoms with van der Waals surface area (Å²) < 4.78 is 28.5. The van der Waals surface area contributed by atoms with Crippen LogP contribution >= 0.6 is 7.82 Å². The van der Waals surface area contributed by atoms with Crippen LogP contribution in [-0.4, -0.2) is 81.6 Å². The number of hydrogen-bond acceptors (Lipinski definition) is 8. The smallest absolute Gasteiger partial charge is 0.463 e. The van der Waals surface area contributed by atoms with E-state index in [1.807, 2.05) is 21.1 Å². The van der Waals surface area contributed by atoms with Crippen LogP contribution in [0.2, 0.25) is 0 Å². The summed E-state index contributed by atoms with van der Waals surface area (Å²) in [5.41, 5.74) is 0. The number of unbranched alkanes of at least 4 members (excludes halogenated alkanes) is 23. The van der Waals surface area contributed by atoms with Crippen LogP contribution < -0.4 is 5.32 Å². The molecule has 0 bridgehead atoms. The van der Waals surface area contributed by atoms with Gasteiger partial charge in [-0.05, 0) is 38.5 Å². The molecular weight excluding hydrogens is 707 g/mol. The van der Waals surface area contributed by atoms with Gasteiger partial charge in [0.05, 0.1) is 27.7 Å². The lowest BCUT2D eigenvalue weighted by molar-refractivity contribution is -0.870. The number of carbonyl (C=O) groups excluding carboxylic acids is 2. The number of likely N-dealkylation sites (N-methyl/N-ethyl adjacent to an activating group) is 1. The van der Waals surface area contributed by atoms with E-state index < -0.39 is 32.6 Å². The van der Waals surface area contributed by atoms with Gasteiger partial charge in [-0.15, -0.1) is 0 Å². The van der Waals surface area contributed by atoms with Crippen molar-refractivity contribution in [3.63, 3.8) is 0 Å². The normalized spacial score (nSPS) is 13.6. The fourth-order valence-corrected chi connectivity index (χ4v) is 6.56. The first-order chi connectivity index (χ1) is 26.0. The second-order valence-electron chi connectivity index (χ2n) is 15.9. The predicted molar refractivity (Wildman–Crippen MR) is 220 cm³/mol. The van der Waals surface area contributed by atoms with E-state index in [0.717, 1.165) is 38.5 Å². The van der Waals surface area contributed by atoms with E-state index in [9.17, 15) is 19.0 Å². The first kappa shape index (κ1) is 52.5. The maximum absolute atomic E-state index is 12.4. The Morgan fingerprint density at radius 3 is 1.63 bits per heavy atom. The molecule has 11 nitrogen and oxygen atoms in total. The molecule has 0 fully saturated rings. The Labute approximate surface area is 331 Å². The van der Waals surface area contributed by atoms with Crippen LogP contribution in [0, 0.1) is 0 Å². The summed E-state index contributed by atoms with van der Waals surface area (Å²) in [6.45, 7) is 4.64. The molecule has 0 aromatic carbocycles. The highest BCUT2D eigenvalue weighted by molar-refractivity contribution is 7.47. The Morgan fingerprint density at radius 2 is 1.11 bits per heavy atom. The van der Waals surface area contributed by atoms with Gasteiger partial charge in [0.2, 0.25) is 0 Å². The number of amides is 1. The van der Waals surface area contributed by atoms with Gasteiger partial charge in [0.15, 0.2) is 6.10 Å². The van der Waals surface area contributed by atoms with Crippen molar-refractivity contribution in [2.45, 2.75) is 193 Å². The highest BCUT2D eigenvalue weighted by Crippen LogP contribution is 2.43. The molecule has 2 atom stereocenters. The lowest BCUT2D eigenvalue weighted by atomic mass is 10.0. The number of phosphoric ester groups is 1. The van der Waals surface area contributed by atoms with Crippen molar-refractivity contribution in [3.8, 4) is 0 Å². The summed E-state index contributed by atoms with van der Waals surface area (Å²) in [6.07, 6.45) is 34.3. The minimum absolute atomic E-state index is 0.00667. The lowest BCUT2D eigenvalue weighted by Crippen LogP contribution is -2.37. The minimum atomic E-state index is -4.41. The van der Waals surface area contributed by atoms with Crippen molar-refractivity contribution in [3.05, 3.63) is 12.2 Å². The van der Waals surface area contributed by atoms with Crippen molar-refractivity contribution in [2.75, 3.05) is 54.1 Å². The van der Waals surface area contributed by atoms with Gasteiger partial charge in [0, 0.05) is 13.0 Å². The number of quaternary nitrogens is 1. The molecule has 0 aliphatic rings. The van der Waals surface area contributed by atoms with Crippen molar-refractivity contribution in [1.82, 2.24) is 5.32 Å². The summed E-state index contributed by atoms with van der Waals surface area (Å²) >= 11 is 0. The Hall–Kier alpha value is -1.49. The minimum Gasteiger partial charge on any atom is -0.463 e. The predicted octanol–water partition coefficient (Wildman–Crippen LogP) is 11.5. The number of nitrogens with zero attached hydrogens (tertiary/aromatic N) is 1. The number of hydrogen-bond donors (Lipinski definition) is 2. The standard InChI is InChI=1S/C42H83N2O9P/c1-6-8-10-12-14-16-18-20-21-23-25-27-29-31-33-35-43-42(46)53-52-40(39-51-54(47,48)50-37-36-44(3,4)5)38-49-41(45)34-32-30-28-26-24-22-19-17-15-13-11-9-7-2/h16,18,40H,6-15,17,19-39H2,1-5H3,(H-,43,46,47,48)/p+1/b18-16+/t40-/m1/s1. The third kappa shape index (κ3) is 40.2. The van der Waals surface area contributed by atoms with E-state index in [4.69, 9.17) is 23.6 Å². The van der Waals surface area contributed by atoms with Crippen LogP contribution in [0.4, 0.5) is 4.79 Å². The third-order valence-corrected chi connectivity index (χ3v) is 10.3. The summed E-state index contributed by atoms with van der Waals surface area (Å²) in [5.74, 6) is -0.410. The number of esters is 1. The summed E-state index contributed by atoms with van der Waals surface area (Å²) in [5, 5.41) is 2.66. The zero-order valence-electron chi connectivity index (χ0n) is 35.5. The largest absolute Gasteiger partial charge is 0.472 e. The van der Waals surface area contributed by atoms with Gasteiger partial charge in [-0.3, -0.25) is 18.7 Å². The highest BCUT2D eigenvalue weighted by atomic mass is 31.2. The van der Waals surface area contributed by atoms with Crippen LogP contribution in [0.25, 0.3) is 0 Å². The SMILES string of the molecule is CCCCCC/C=C/CCCCCCCCCNC(=O)OO[C@H](COC(=O)CCCCCCCCCCCCCCC)COP(=O)(O)OCC[N+](C)(C)C. The third-order valence-electron chi connectivity index (χ3n) is 9.32. The molecule has 0 saturated carbocycles. The Kier molecular flexibility index (Phi) is 36.1. The molecule has 0 radical (unpaired) electrons. The molecule has 12 heteroatoms. The van der Waals surface area contributed by atoms with Gasteiger partial charge in [-0.25, -0.2) is 9.36 Å².